The van der Waals surface area contributed by atoms with E-state index in [1.807, 2.05) is 0 Å². The number of benzene rings is 1. The maximum Gasteiger partial charge on any atom is 0.247 e. The number of amides is 1. The molecule has 4 nitrogen and oxygen atoms in total. The molecule has 12 heavy (non-hydrogen) atoms. The standard InChI is InChI=1S/C8H10N2O2/c9-7-3-1-6(2-4-7)5-8(11)10-12/h1-4,12H,5,9H2,(H,10,11). The highest BCUT2D eigenvalue weighted by atomic mass is 16.5. The van der Waals surface area contributed by atoms with Crippen molar-refractivity contribution in [1.82, 2.24) is 5.48 Å². The van der Waals surface area contributed by atoms with E-state index in [0.29, 0.717) is 5.69 Å². The van der Waals surface area contributed by atoms with E-state index in [2.05, 4.69) is 0 Å². The maximum atomic E-state index is 10.7. The minimum absolute atomic E-state index is 0.163. The van der Waals surface area contributed by atoms with E-state index < -0.39 is 5.91 Å². The Kier molecular flexibility index (Phi) is 2.66. The summed E-state index contributed by atoms with van der Waals surface area (Å²) in [5, 5.41) is 8.23. The molecule has 0 atom stereocenters. The van der Waals surface area contributed by atoms with Crippen molar-refractivity contribution in [3.8, 4) is 0 Å². The SMILES string of the molecule is Nc1ccc(CC(=O)NO)cc1. The molecule has 0 saturated heterocycles. The average molecular weight is 166 g/mol. The Morgan fingerprint density at radius 3 is 2.50 bits per heavy atom. The Balaban J connectivity index is 2.64. The minimum atomic E-state index is -0.431. The molecule has 0 radical (unpaired) electrons. The van der Waals surface area contributed by atoms with Gasteiger partial charge in [0.15, 0.2) is 0 Å². The summed E-state index contributed by atoms with van der Waals surface area (Å²) < 4.78 is 0. The second-order valence-electron chi connectivity index (χ2n) is 2.45. The number of hydrogen-bond acceptors (Lipinski definition) is 3. The Hall–Kier alpha value is -1.55. The van der Waals surface area contributed by atoms with Crippen molar-refractivity contribution in [2.75, 3.05) is 5.73 Å². The summed E-state index contributed by atoms with van der Waals surface area (Å²) in [5.41, 5.74) is 8.47. The molecule has 1 rings (SSSR count). The predicted molar refractivity (Wildman–Crippen MR) is 44.5 cm³/mol. The van der Waals surface area contributed by atoms with Crippen LogP contribution in [0, 0.1) is 0 Å². The van der Waals surface area contributed by atoms with Crippen LogP contribution in [0.5, 0.6) is 0 Å². The van der Waals surface area contributed by atoms with Crippen LogP contribution >= 0.6 is 0 Å². The molecule has 0 saturated carbocycles. The number of nitrogen functional groups attached to an aromatic ring is 1. The van der Waals surface area contributed by atoms with Crippen molar-refractivity contribution in [3.63, 3.8) is 0 Å². The van der Waals surface area contributed by atoms with E-state index in [1.165, 1.54) is 0 Å². The van der Waals surface area contributed by atoms with Gasteiger partial charge in [0, 0.05) is 5.69 Å². The van der Waals surface area contributed by atoms with Gasteiger partial charge in [0.1, 0.15) is 0 Å². The molecular weight excluding hydrogens is 156 g/mol. The summed E-state index contributed by atoms with van der Waals surface area (Å²) in [4.78, 5) is 10.7. The molecule has 1 aromatic carbocycles. The van der Waals surface area contributed by atoms with Gasteiger partial charge in [-0.1, -0.05) is 12.1 Å². The highest BCUT2D eigenvalue weighted by Gasteiger charge is 1.99. The number of rotatable bonds is 2. The second-order valence-corrected chi connectivity index (χ2v) is 2.45. The van der Waals surface area contributed by atoms with E-state index in [-0.39, 0.29) is 6.42 Å². The summed E-state index contributed by atoms with van der Waals surface area (Å²) in [6.45, 7) is 0. The molecule has 0 heterocycles. The highest BCUT2D eigenvalue weighted by molar-refractivity contribution is 5.77. The van der Waals surface area contributed by atoms with Gasteiger partial charge in [0.2, 0.25) is 5.91 Å². The zero-order chi connectivity index (χ0) is 8.97. The number of carbonyl (C=O) groups is 1. The number of hydroxylamine groups is 1. The molecular formula is C8H10N2O2. The third kappa shape index (κ3) is 2.25. The van der Waals surface area contributed by atoms with Crippen LogP contribution < -0.4 is 11.2 Å². The first-order chi connectivity index (χ1) is 5.72. The number of nitrogens with two attached hydrogens (primary N) is 1. The molecule has 0 aromatic heterocycles. The largest absolute Gasteiger partial charge is 0.399 e. The van der Waals surface area contributed by atoms with Crippen molar-refractivity contribution < 1.29 is 10.0 Å². The molecule has 0 aliphatic heterocycles. The summed E-state index contributed by atoms with van der Waals surface area (Å²) in [7, 11) is 0. The third-order valence-corrected chi connectivity index (χ3v) is 1.47. The molecule has 0 bridgehead atoms. The molecule has 0 aliphatic carbocycles. The van der Waals surface area contributed by atoms with Gasteiger partial charge in [-0.3, -0.25) is 10.0 Å². The first-order valence-corrected chi connectivity index (χ1v) is 3.49. The van der Waals surface area contributed by atoms with Crippen molar-refractivity contribution >= 4 is 11.6 Å². The van der Waals surface area contributed by atoms with Crippen LogP contribution in [0.3, 0.4) is 0 Å². The lowest BCUT2D eigenvalue weighted by atomic mass is 10.1. The van der Waals surface area contributed by atoms with Gasteiger partial charge in [-0.2, -0.15) is 0 Å². The number of nitrogens with one attached hydrogen (secondary N) is 1. The molecule has 0 unspecified atom stereocenters. The van der Waals surface area contributed by atoms with Gasteiger partial charge in [-0.05, 0) is 17.7 Å². The van der Waals surface area contributed by atoms with Gasteiger partial charge in [-0.15, -0.1) is 0 Å². The van der Waals surface area contributed by atoms with Crippen LogP contribution in [0.1, 0.15) is 5.56 Å². The van der Waals surface area contributed by atoms with Gasteiger partial charge >= 0.3 is 0 Å². The second kappa shape index (κ2) is 3.73. The summed E-state index contributed by atoms with van der Waals surface area (Å²) in [5.74, 6) is -0.431. The first-order valence-electron chi connectivity index (χ1n) is 3.49. The molecule has 1 aromatic rings. The van der Waals surface area contributed by atoms with Crippen molar-refractivity contribution in [3.05, 3.63) is 29.8 Å². The highest BCUT2D eigenvalue weighted by Crippen LogP contribution is 2.05. The lowest BCUT2D eigenvalue weighted by Crippen LogP contribution is -2.20. The van der Waals surface area contributed by atoms with Crippen LogP contribution in [-0.2, 0) is 11.2 Å². The van der Waals surface area contributed by atoms with E-state index in [4.69, 9.17) is 10.9 Å². The maximum absolute atomic E-state index is 10.7. The molecule has 1 amide bonds. The molecule has 64 valence electrons. The van der Waals surface area contributed by atoms with E-state index >= 15 is 0 Å². The van der Waals surface area contributed by atoms with E-state index in [9.17, 15) is 4.79 Å². The van der Waals surface area contributed by atoms with Gasteiger partial charge in [0.05, 0.1) is 6.42 Å². The average Bonchev–Trinajstić information content (AvgIpc) is 2.09. The quantitative estimate of drug-likeness (QED) is 0.336. The summed E-state index contributed by atoms with van der Waals surface area (Å²) in [6, 6.07) is 6.90. The lowest BCUT2D eigenvalue weighted by molar-refractivity contribution is -0.128. The fraction of sp³-hybridized carbons (Fsp3) is 0.125. The van der Waals surface area contributed by atoms with E-state index in [1.54, 1.807) is 29.7 Å². The van der Waals surface area contributed by atoms with Gasteiger partial charge in [-0.25, -0.2) is 5.48 Å². The Morgan fingerprint density at radius 2 is 2.00 bits per heavy atom. The molecule has 0 fully saturated rings. The fourth-order valence-corrected chi connectivity index (χ4v) is 0.860. The van der Waals surface area contributed by atoms with Gasteiger partial charge in [0.25, 0.3) is 0 Å². The Labute approximate surface area is 70.0 Å². The van der Waals surface area contributed by atoms with E-state index in [0.717, 1.165) is 5.56 Å². The van der Waals surface area contributed by atoms with Crippen molar-refractivity contribution in [1.29, 1.82) is 0 Å². The van der Waals surface area contributed by atoms with Crippen LogP contribution in [0.25, 0.3) is 0 Å². The predicted octanol–water partition coefficient (Wildman–Crippen LogP) is 0.317. The number of hydrogen-bond donors (Lipinski definition) is 3. The smallest absolute Gasteiger partial charge is 0.247 e. The summed E-state index contributed by atoms with van der Waals surface area (Å²) >= 11 is 0. The number of carbonyl (C=O) groups excluding carboxylic acids is 1. The first kappa shape index (κ1) is 8.55. The van der Waals surface area contributed by atoms with Crippen LogP contribution in [-0.4, -0.2) is 11.1 Å². The van der Waals surface area contributed by atoms with Gasteiger partial charge < -0.3 is 5.73 Å². The van der Waals surface area contributed by atoms with Crippen molar-refractivity contribution in [2.24, 2.45) is 0 Å². The fourth-order valence-electron chi connectivity index (χ4n) is 0.860. The Morgan fingerprint density at radius 1 is 1.42 bits per heavy atom. The van der Waals surface area contributed by atoms with Crippen LogP contribution in [0.15, 0.2) is 24.3 Å². The Bertz CT molecular complexity index is 269. The zero-order valence-corrected chi connectivity index (χ0v) is 6.45. The molecule has 4 heteroatoms. The third-order valence-electron chi connectivity index (χ3n) is 1.47. The normalized spacial score (nSPS) is 9.42. The van der Waals surface area contributed by atoms with Crippen molar-refractivity contribution in [2.45, 2.75) is 6.42 Å². The molecule has 0 aliphatic rings. The number of anilines is 1. The monoisotopic (exact) mass is 166 g/mol. The zero-order valence-electron chi connectivity index (χ0n) is 6.45. The molecule has 0 spiro atoms. The molecule has 4 N–H and O–H groups in total. The summed E-state index contributed by atoms with van der Waals surface area (Å²) in [6.07, 6.45) is 0.163. The van der Waals surface area contributed by atoms with Crippen LogP contribution in [0.2, 0.25) is 0 Å². The lowest BCUT2D eigenvalue weighted by Gasteiger charge is -1.99. The van der Waals surface area contributed by atoms with Crippen LogP contribution in [0.4, 0.5) is 5.69 Å². The minimum Gasteiger partial charge on any atom is -0.399 e. The topological polar surface area (TPSA) is 75.4 Å².